The van der Waals surface area contributed by atoms with Gasteiger partial charge in [-0.05, 0) is 48.0 Å². The molecule has 42 heavy (non-hydrogen) atoms. The monoisotopic (exact) mass is 587 g/mol. The highest BCUT2D eigenvalue weighted by molar-refractivity contribution is 7.85. The van der Waals surface area contributed by atoms with Gasteiger partial charge < -0.3 is 19.6 Å². The lowest BCUT2D eigenvalue weighted by Crippen LogP contribution is -2.20. The summed E-state index contributed by atoms with van der Waals surface area (Å²) >= 11 is 0. The maximum Gasteiger partial charge on any atom is 0.358 e. The number of carbonyl (C=O) groups excluding carboxylic acids is 1. The third kappa shape index (κ3) is 5.59. The van der Waals surface area contributed by atoms with Gasteiger partial charge in [-0.25, -0.2) is 18.4 Å². The van der Waals surface area contributed by atoms with Crippen molar-refractivity contribution < 1.29 is 32.4 Å². The second kappa shape index (κ2) is 11.8. The fourth-order valence-electron chi connectivity index (χ4n) is 4.49. The number of furan rings is 1. The zero-order valence-corrected chi connectivity index (χ0v) is 23.7. The first-order valence-electron chi connectivity index (χ1n) is 12.7. The Morgan fingerprint density at radius 2 is 1.79 bits per heavy atom. The Kier molecular flexibility index (Phi) is 8.03. The van der Waals surface area contributed by atoms with Crippen LogP contribution >= 0.6 is 0 Å². The van der Waals surface area contributed by atoms with E-state index in [-0.39, 0.29) is 35.1 Å². The van der Waals surface area contributed by atoms with Gasteiger partial charge >= 0.3 is 5.97 Å². The number of benzene rings is 3. The van der Waals surface area contributed by atoms with E-state index in [2.05, 4.69) is 10.3 Å². The van der Waals surface area contributed by atoms with Gasteiger partial charge in [0.15, 0.2) is 11.4 Å². The minimum absolute atomic E-state index is 0.0816. The number of hydrogen-bond donors (Lipinski definition) is 2. The van der Waals surface area contributed by atoms with Crippen molar-refractivity contribution in [3.63, 3.8) is 0 Å². The normalized spacial score (nSPS) is 11.7. The maximum atomic E-state index is 13.6. The molecule has 5 rings (SSSR count). The second-order valence-corrected chi connectivity index (χ2v) is 10.7. The largest absolute Gasteiger partial charge is 0.486 e. The summed E-state index contributed by atoms with van der Waals surface area (Å²) in [6.07, 6.45) is 1.49. The number of amides is 1. The number of carbonyl (C=O) groups is 2. The molecule has 0 radical (unpaired) electrons. The lowest BCUT2D eigenvalue weighted by molar-refractivity contribution is 0.0684. The Balaban J connectivity index is 1.69. The fraction of sp³-hybridized carbons (Fsp3) is 0.129. The molecule has 0 saturated heterocycles. The summed E-state index contributed by atoms with van der Waals surface area (Å²) in [4.78, 5) is 29.7. The molecule has 0 bridgehead atoms. The Bertz CT molecular complexity index is 1820. The first kappa shape index (κ1) is 28.5. The minimum Gasteiger partial charge on any atom is -0.486 e. The molecule has 214 valence electrons. The van der Waals surface area contributed by atoms with Crippen molar-refractivity contribution in [3.8, 4) is 28.3 Å². The van der Waals surface area contributed by atoms with Gasteiger partial charge in [0.25, 0.3) is 5.91 Å². The van der Waals surface area contributed by atoms with Crippen LogP contribution in [0, 0.1) is 5.82 Å². The maximum absolute atomic E-state index is 13.6. The van der Waals surface area contributed by atoms with Crippen LogP contribution in [0.3, 0.4) is 0 Å². The van der Waals surface area contributed by atoms with Crippen LogP contribution in [0.5, 0.6) is 5.75 Å². The summed E-state index contributed by atoms with van der Waals surface area (Å²) in [6, 6.07) is 21.2. The molecule has 2 N–H and O–H groups in total. The summed E-state index contributed by atoms with van der Waals surface area (Å²) in [5.74, 6) is -1.87. The molecular weight excluding hydrogens is 561 g/mol. The molecule has 0 fully saturated rings. The van der Waals surface area contributed by atoms with Crippen LogP contribution in [-0.2, 0) is 17.6 Å². The first-order chi connectivity index (χ1) is 20.2. The first-order valence-corrected chi connectivity index (χ1v) is 14.3. The van der Waals surface area contributed by atoms with E-state index in [0.717, 1.165) is 5.56 Å². The van der Waals surface area contributed by atoms with E-state index < -0.39 is 28.7 Å². The van der Waals surface area contributed by atoms with Crippen LogP contribution in [0.1, 0.15) is 26.4 Å². The summed E-state index contributed by atoms with van der Waals surface area (Å²) in [5.41, 5.74) is 2.63. The van der Waals surface area contributed by atoms with Crippen molar-refractivity contribution in [1.29, 1.82) is 0 Å². The smallest absolute Gasteiger partial charge is 0.358 e. The van der Waals surface area contributed by atoms with E-state index in [1.165, 1.54) is 47.9 Å². The Morgan fingerprint density at radius 1 is 1.07 bits per heavy atom. The van der Waals surface area contributed by atoms with Crippen LogP contribution in [0.25, 0.3) is 33.6 Å². The topological polar surface area (TPSA) is 122 Å². The summed E-state index contributed by atoms with van der Waals surface area (Å²) in [7, 11) is 1.61. The highest BCUT2D eigenvalue weighted by Crippen LogP contribution is 2.41. The molecule has 2 aromatic heterocycles. The number of aromatic carboxylic acids is 1. The van der Waals surface area contributed by atoms with Crippen molar-refractivity contribution >= 4 is 39.5 Å². The van der Waals surface area contributed by atoms with E-state index in [0.29, 0.717) is 27.8 Å². The quantitative estimate of drug-likeness (QED) is 0.228. The van der Waals surface area contributed by atoms with Crippen molar-refractivity contribution in [3.05, 3.63) is 102 Å². The Morgan fingerprint density at radius 3 is 2.43 bits per heavy atom. The molecule has 0 aliphatic rings. The predicted octanol–water partition coefficient (Wildman–Crippen LogP) is 5.67. The average Bonchev–Trinajstić information content (AvgIpc) is 3.37. The minimum atomic E-state index is -1.48. The number of aromatic nitrogens is 1. The van der Waals surface area contributed by atoms with Crippen molar-refractivity contribution in [2.75, 3.05) is 24.7 Å². The van der Waals surface area contributed by atoms with Crippen molar-refractivity contribution in [1.82, 2.24) is 10.3 Å². The molecule has 2 heterocycles. The molecule has 0 saturated carbocycles. The standard InChI is InChI=1S/C31H26FN3O6S/c1-33-30(36)27-22-15-21(23-13-14-25(28(34-23)31(37)38)40-17-18-7-5-4-6-8-18)24(35(2)42(3)39)16-26(22)41-29(27)19-9-11-20(32)12-10-19/h4-16H,17H2,1-3H3,(H,33,36)(H,37,38). The molecule has 9 nitrogen and oxygen atoms in total. The van der Waals surface area contributed by atoms with Gasteiger partial charge in [0.05, 0.1) is 16.9 Å². The third-order valence-electron chi connectivity index (χ3n) is 6.67. The molecule has 5 aromatic rings. The van der Waals surface area contributed by atoms with Crippen LogP contribution in [0.2, 0.25) is 0 Å². The van der Waals surface area contributed by atoms with Crippen LogP contribution in [0.15, 0.2) is 83.3 Å². The van der Waals surface area contributed by atoms with E-state index >= 15 is 0 Å². The number of carboxylic acids is 1. The third-order valence-corrected chi connectivity index (χ3v) is 7.63. The van der Waals surface area contributed by atoms with Crippen LogP contribution in [-0.4, -0.2) is 46.5 Å². The van der Waals surface area contributed by atoms with Gasteiger partial charge in [0, 0.05) is 42.9 Å². The molecule has 1 unspecified atom stereocenters. The number of carboxylic acid groups (broad SMARTS) is 1. The molecule has 1 atom stereocenters. The number of anilines is 1. The zero-order valence-electron chi connectivity index (χ0n) is 22.9. The Labute approximate surface area is 243 Å². The van der Waals surface area contributed by atoms with E-state index in [1.54, 1.807) is 25.2 Å². The Hall–Kier alpha value is -5.03. The lowest BCUT2D eigenvalue weighted by atomic mass is 10.0. The van der Waals surface area contributed by atoms with Crippen LogP contribution in [0.4, 0.5) is 10.1 Å². The highest BCUT2D eigenvalue weighted by atomic mass is 32.2. The number of halogens is 1. The number of rotatable bonds is 9. The van der Waals surface area contributed by atoms with Gasteiger partial charge in [0.2, 0.25) is 0 Å². The molecule has 0 aliphatic carbocycles. The van der Waals surface area contributed by atoms with Gasteiger partial charge in [-0.2, -0.15) is 0 Å². The van der Waals surface area contributed by atoms with Gasteiger partial charge in [-0.15, -0.1) is 0 Å². The molecule has 11 heteroatoms. The van der Waals surface area contributed by atoms with E-state index in [1.807, 2.05) is 30.3 Å². The molecule has 0 aliphatic heterocycles. The van der Waals surface area contributed by atoms with Gasteiger partial charge in [-0.3, -0.25) is 9.10 Å². The van der Waals surface area contributed by atoms with Crippen molar-refractivity contribution in [2.24, 2.45) is 0 Å². The average molecular weight is 588 g/mol. The summed E-state index contributed by atoms with van der Waals surface area (Å²) in [6.45, 7) is 0.146. The summed E-state index contributed by atoms with van der Waals surface area (Å²) in [5, 5.41) is 13.0. The molecule has 0 spiro atoms. The number of hydrogen-bond acceptors (Lipinski definition) is 6. The molecular formula is C31H26FN3O6S. The van der Waals surface area contributed by atoms with Gasteiger partial charge in [0.1, 0.15) is 34.8 Å². The van der Waals surface area contributed by atoms with E-state index in [4.69, 9.17) is 9.15 Å². The number of ether oxygens (including phenoxy) is 1. The lowest BCUT2D eigenvalue weighted by Gasteiger charge is -2.20. The molecule has 1 amide bonds. The predicted molar refractivity (Wildman–Crippen MR) is 158 cm³/mol. The SMILES string of the molecule is CNC(=O)c1c(-c2ccc(F)cc2)oc2cc(N(C)S(C)=O)c(-c3ccc(OCc4ccccc4)c(C(=O)O)n3)cc12. The number of nitrogens with one attached hydrogen (secondary N) is 1. The second-order valence-electron chi connectivity index (χ2n) is 9.30. The van der Waals surface area contributed by atoms with E-state index in [9.17, 15) is 23.3 Å². The number of nitrogens with zero attached hydrogens (tertiary/aromatic N) is 2. The molecule has 3 aromatic carbocycles. The van der Waals surface area contributed by atoms with Crippen molar-refractivity contribution in [2.45, 2.75) is 6.61 Å². The fourth-order valence-corrected chi connectivity index (χ4v) is 4.92. The zero-order chi connectivity index (χ0) is 30.0. The number of pyridine rings is 1. The van der Waals surface area contributed by atoms with Gasteiger partial charge in [-0.1, -0.05) is 30.3 Å². The highest BCUT2D eigenvalue weighted by Gasteiger charge is 2.26. The summed E-state index contributed by atoms with van der Waals surface area (Å²) < 4.78 is 39.6. The number of fused-ring (bicyclic) bond motifs is 1. The van der Waals surface area contributed by atoms with Crippen LogP contribution < -0.4 is 14.4 Å².